The molecule has 0 amide bonds. The molecule has 29 heavy (non-hydrogen) atoms. The molecule has 0 radical (unpaired) electrons. The molecule has 3 rings (SSSR count). The van der Waals surface area contributed by atoms with E-state index in [4.69, 9.17) is 9.26 Å². The SMILES string of the molecule is CCOc1ccc(-c2noc(CN(C)S(=O)(=O)c3ccc([N+](=O)[O-])cc3)n2)cc1. The molecule has 2 aromatic carbocycles. The fourth-order valence-electron chi connectivity index (χ4n) is 2.50. The molecule has 0 atom stereocenters. The number of sulfonamides is 1. The summed E-state index contributed by atoms with van der Waals surface area (Å²) in [6, 6.07) is 11.7. The summed E-state index contributed by atoms with van der Waals surface area (Å²) in [7, 11) is -2.52. The predicted octanol–water partition coefficient (Wildman–Crippen LogP) is 2.86. The average molecular weight is 418 g/mol. The number of nitro benzene ring substituents is 1. The molecule has 0 fully saturated rings. The summed E-state index contributed by atoms with van der Waals surface area (Å²) in [5.74, 6) is 1.15. The van der Waals surface area contributed by atoms with E-state index in [-0.39, 0.29) is 23.0 Å². The number of nitrogens with zero attached hydrogens (tertiary/aromatic N) is 4. The molecule has 0 aliphatic rings. The van der Waals surface area contributed by atoms with E-state index >= 15 is 0 Å². The van der Waals surface area contributed by atoms with Crippen molar-refractivity contribution in [1.29, 1.82) is 0 Å². The van der Waals surface area contributed by atoms with Gasteiger partial charge in [0.15, 0.2) is 0 Å². The van der Waals surface area contributed by atoms with Crippen LogP contribution in [0, 0.1) is 10.1 Å². The number of benzene rings is 2. The highest BCUT2D eigenvalue weighted by Crippen LogP contribution is 2.22. The first kappa shape index (κ1) is 20.4. The van der Waals surface area contributed by atoms with Crippen LogP contribution in [0.5, 0.6) is 5.75 Å². The van der Waals surface area contributed by atoms with Gasteiger partial charge in [-0.2, -0.15) is 9.29 Å². The van der Waals surface area contributed by atoms with Crippen LogP contribution in [0.4, 0.5) is 5.69 Å². The van der Waals surface area contributed by atoms with Crippen molar-refractivity contribution in [3.05, 3.63) is 64.5 Å². The van der Waals surface area contributed by atoms with E-state index in [0.29, 0.717) is 23.7 Å². The minimum absolute atomic E-state index is 0.0724. The number of nitro groups is 1. The van der Waals surface area contributed by atoms with Crippen LogP contribution in [-0.4, -0.2) is 41.4 Å². The van der Waals surface area contributed by atoms with E-state index < -0.39 is 14.9 Å². The zero-order chi connectivity index (χ0) is 21.0. The molecular formula is C18H18N4O6S. The van der Waals surface area contributed by atoms with Crippen LogP contribution in [0.2, 0.25) is 0 Å². The fourth-order valence-corrected chi connectivity index (χ4v) is 3.62. The largest absolute Gasteiger partial charge is 0.494 e. The van der Waals surface area contributed by atoms with Crippen LogP contribution in [0.25, 0.3) is 11.4 Å². The second-order valence-electron chi connectivity index (χ2n) is 5.98. The van der Waals surface area contributed by atoms with Crippen molar-refractivity contribution < 1.29 is 22.6 Å². The Hall–Kier alpha value is -3.31. The van der Waals surface area contributed by atoms with Gasteiger partial charge in [-0.05, 0) is 43.3 Å². The lowest BCUT2D eigenvalue weighted by Crippen LogP contribution is -2.26. The number of non-ortho nitro benzene ring substituents is 1. The van der Waals surface area contributed by atoms with Crippen LogP contribution < -0.4 is 4.74 Å². The molecule has 1 aromatic heterocycles. The van der Waals surface area contributed by atoms with Gasteiger partial charge in [-0.1, -0.05) is 5.16 Å². The lowest BCUT2D eigenvalue weighted by atomic mass is 10.2. The van der Waals surface area contributed by atoms with Gasteiger partial charge in [0.2, 0.25) is 21.7 Å². The topological polar surface area (TPSA) is 129 Å². The molecule has 0 aliphatic carbocycles. The Labute approximate surface area is 166 Å². The summed E-state index contributed by atoms with van der Waals surface area (Å²) in [5, 5.41) is 14.6. The summed E-state index contributed by atoms with van der Waals surface area (Å²) >= 11 is 0. The van der Waals surface area contributed by atoms with E-state index in [9.17, 15) is 18.5 Å². The van der Waals surface area contributed by atoms with Crippen molar-refractivity contribution in [2.24, 2.45) is 0 Å². The highest BCUT2D eigenvalue weighted by atomic mass is 32.2. The Morgan fingerprint density at radius 3 is 2.38 bits per heavy atom. The van der Waals surface area contributed by atoms with Gasteiger partial charge in [0.1, 0.15) is 5.75 Å². The average Bonchev–Trinajstić information content (AvgIpc) is 3.17. The van der Waals surface area contributed by atoms with Crippen molar-refractivity contribution in [2.75, 3.05) is 13.7 Å². The van der Waals surface area contributed by atoms with Gasteiger partial charge in [0.05, 0.1) is 23.0 Å². The Morgan fingerprint density at radius 2 is 1.79 bits per heavy atom. The zero-order valence-corrected chi connectivity index (χ0v) is 16.5. The third kappa shape index (κ3) is 4.58. The zero-order valence-electron chi connectivity index (χ0n) is 15.7. The van der Waals surface area contributed by atoms with Crippen LogP contribution >= 0.6 is 0 Å². The van der Waals surface area contributed by atoms with Gasteiger partial charge in [-0.25, -0.2) is 8.42 Å². The molecule has 0 bridgehead atoms. The standard InChI is InChI=1S/C18H18N4O6S/c1-3-27-15-8-4-13(5-9-15)18-19-17(28-20-18)12-21(2)29(25,26)16-10-6-14(7-11-16)22(23)24/h4-11H,3,12H2,1-2H3. The molecule has 0 saturated carbocycles. The lowest BCUT2D eigenvalue weighted by Gasteiger charge is -2.14. The van der Waals surface area contributed by atoms with Crippen molar-refractivity contribution >= 4 is 15.7 Å². The number of ether oxygens (including phenoxy) is 1. The van der Waals surface area contributed by atoms with Gasteiger partial charge >= 0.3 is 0 Å². The lowest BCUT2D eigenvalue weighted by molar-refractivity contribution is -0.384. The van der Waals surface area contributed by atoms with Crippen molar-refractivity contribution in [2.45, 2.75) is 18.4 Å². The minimum Gasteiger partial charge on any atom is -0.494 e. The molecule has 10 nitrogen and oxygen atoms in total. The maximum absolute atomic E-state index is 12.6. The van der Waals surface area contributed by atoms with E-state index in [1.807, 2.05) is 6.92 Å². The predicted molar refractivity (Wildman–Crippen MR) is 103 cm³/mol. The third-order valence-corrected chi connectivity index (χ3v) is 5.82. The van der Waals surface area contributed by atoms with E-state index in [1.54, 1.807) is 24.3 Å². The summed E-state index contributed by atoms with van der Waals surface area (Å²) in [5.41, 5.74) is 0.507. The summed E-state index contributed by atoms with van der Waals surface area (Å²) in [4.78, 5) is 14.3. The molecule has 0 N–H and O–H groups in total. The molecule has 0 unspecified atom stereocenters. The Balaban J connectivity index is 1.73. The van der Waals surface area contributed by atoms with Gasteiger partial charge in [-0.3, -0.25) is 10.1 Å². The second kappa shape index (κ2) is 8.37. The molecule has 11 heteroatoms. The Morgan fingerprint density at radius 1 is 1.14 bits per heavy atom. The van der Waals surface area contributed by atoms with Gasteiger partial charge in [-0.15, -0.1) is 0 Å². The van der Waals surface area contributed by atoms with Gasteiger partial charge < -0.3 is 9.26 Å². The Kier molecular flexibility index (Phi) is 5.89. The first-order valence-electron chi connectivity index (χ1n) is 8.58. The van der Waals surface area contributed by atoms with Crippen LogP contribution in [0.15, 0.2) is 57.9 Å². The summed E-state index contributed by atoms with van der Waals surface area (Å²) in [6.07, 6.45) is 0. The van der Waals surface area contributed by atoms with E-state index in [2.05, 4.69) is 10.1 Å². The molecule has 3 aromatic rings. The number of aromatic nitrogens is 2. The quantitative estimate of drug-likeness (QED) is 0.403. The number of rotatable bonds is 8. The smallest absolute Gasteiger partial charge is 0.269 e. The molecule has 0 aliphatic heterocycles. The van der Waals surface area contributed by atoms with Crippen LogP contribution in [-0.2, 0) is 16.6 Å². The number of hydrogen-bond donors (Lipinski definition) is 0. The maximum Gasteiger partial charge on any atom is 0.269 e. The molecule has 0 saturated heterocycles. The second-order valence-corrected chi connectivity index (χ2v) is 8.03. The molecule has 1 heterocycles. The third-order valence-electron chi connectivity index (χ3n) is 4.01. The first-order chi connectivity index (χ1) is 13.8. The van der Waals surface area contributed by atoms with Crippen LogP contribution in [0.1, 0.15) is 12.8 Å². The fraction of sp³-hybridized carbons (Fsp3) is 0.222. The monoisotopic (exact) mass is 418 g/mol. The van der Waals surface area contributed by atoms with Crippen molar-refractivity contribution in [3.63, 3.8) is 0 Å². The highest BCUT2D eigenvalue weighted by Gasteiger charge is 2.24. The molecule has 152 valence electrons. The minimum atomic E-state index is -3.88. The van der Waals surface area contributed by atoms with Crippen LogP contribution in [0.3, 0.4) is 0 Å². The molecule has 0 spiro atoms. The highest BCUT2D eigenvalue weighted by molar-refractivity contribution is 7.89. The summed E-state index contributed by atoms with van der Waals surface area (Å²) < 4.78 is 36.9. The number of hydrogen-bond acceptors (Lipinski definition) is 8. The first-order valence-corrected chi connectivity index (χ1v) is 10.0. The maximum atomic E-state index is 12.6. The van der Waals surface area contributed by atoms with Crippen molar-refractivity contribution in [1.82, 2.24) is 14.4 Å². The van der Waals surface area contributed by atoms with E-state index in [1.165, 1.54) is 19.2 Å². The van der Waals surface area contributed by atoms with E-state index in [0.717, 1.165) is 16.4 Å². The molecular weight excluding hydrogens is 400 g/mol. The summed E-state index contributed by atoms with van der Waals surface area (Å²) in [6.45, 7) is 2.30. The van der Waals surface area contributed by atoms with Gasteiger partial charge in [0, 0.05) is 24.7 Å². The Bertz CT molecular complexity index is 1090. The van der Waals surface area contributed by atoms with Crippen molar-refractivity contribution in [3.8, 4) is 17.1 Å². The normalized spacial score (nSPS) is 11.6. The van der Waals surface area contributed by atoms with Gasteiger partial charge in [0.25, 0.3) is 5.69 Å².